The first-order chi connectivity index (χ1) is 8.00. The van der Waals surface area contributed by atoms with Gasteiger partial charge in [0.2, 0.25) is 0 Å². The highest BCUT2D eigenvalue weighted by molar-refractivity contribution is 9.10. The summed E-state index contributed by atoms with van der Waals surface area (Å²) in [7, 11) is 0. The normalized spacial score (nSPS) is 10.6. The summed E-state index contributed by atoms with van der Waals surface area (Å²) in [5.74, 6) is -0.375. The summed E-state index contributed by atoms with van der Waals surface area (Å²) in [6, 6.07) is 5.23. The number of halogens is 1. The van der Waals surface area contributed by atoms with Crippen LogP contribution in [0.3, 0.4) is 0 Å². The average molecular weight is 319 g/mol. The Kier molecular flexibility index (Phi) is 6.02. The average Bonchev–Trinajstić information content (AvgIpc) is 2.27. The van der Waals surface area contributed by atoms with E-state index in [-0.39, 0.29) is 18.7 Å². The van der Waals surface area contributed by atoms with Crippen LogP contribution in [0.15, 0.2) is 27.6 Å². The molecule has 0 spiro atoms. The van der Waals surface area contributed by atoms with Gasteiger partial charge in [0.25, 0.3) is 0 Å². The van der Waals surface area contributed by atoms with E-state index in [9.17, 15) is 4.79 Å². The van der Waals surface area contributed by atoms with Gasteiger partial charge in [-0.25, -0.2) is 4.79 Å². The number of hydrogen-bond donors (Lipinski definition) is 1. The largest absolute Gasteiger partial charge is 0.460 e. The fourth-order valence-electron chi connectivity index (χ4n) is 1.17. The van der Waals surface area contributed by atoms with Crippen LogP contribution >= 0.6 is 28.6 Å². The van der Waals surface area contributed by atoms with Gasteiger partial charge in [-0.1, -0.05) is 0 Å². The van der Waals surface area contributed by atoms with E-state index in [4.69, 9.17) is 9.47 Å². The van der Waals surface area contributed by atoms with Crippen LogP contribution in [0.2, 0.25) is 0 Å². The summed E-state index contributed by atoms with van der Waals surface area (Å²) in [6.07, 6.45) is 0.140. The van der Waals surface area contributed by atoms with Crippen LogP contribution < -0.4 is 0 Å². The number of carbonyl (C=O) groups excluding carboxylic acids is 1. The number of hydrogen-bond acceptors (Lipinski definition) is 4. The molecule has 0 saturated carbocycles. The fraction of sp³-hybridized carbons (Fsp3) is 0.417. The molecule has 0 amide bonds. The van der Waals surface area contributed by atoms with Crippen LogP contribution in [0, 0.1) is 0 Å². The minimum absolute atomic E-state index is 0.140. The van der Waals surface area contributed by atoms with Crippen LogP contribution in [0.1, 0.15) is 24.2 Å². The van der Waals surface area contributed by atoms with E-state index in [1.807, 2.05) is 13.8 Å². The number of ether oxygens (including phenoxy) is 2. The Morgan fingerprint density at radius 2 is 2.12 bits per heavy atom. The van der Waals surface area contributed by atoms with Gasteiger partial charge in [0.05, 0.1) is 18.3 Å². The molecule has 0 aliphatic rings. The maximum Gasteiger partial charge on any atom is 0.339 e. The standard InChI is InChI=1S/C12H15BrO3S/c1-8(2)15-5-6-16-12(14)10-7-9(17)3-4-11(10)13/h3-4,7-8,17H,5-6H2,1-2H3. The molecule has 94 valence electrons. The van der Waals surface area contributed by atoms with Gasteiger partial charge in [0, 0.05) is 9.37 Å². The molecule has 17 heavy (non-hydrogen) atoms. The Bertz CT molecular complexity index is 393. The zero-order valence-corrected chi connectivity index (χ0v) is 12.3. The summed E-state index contributed by atoms with van der Waals surface area (Å²) in [5.41, 5.74) is 0.474. The van der Waals surface area contributed by atoms with Crippen molar-refractivity contribution in [1.82, 2.24) is 0 Å². The maximum absolute atomic E-state index is 11.7. The van der Waals surface area contributed by atoms with Gasteiger partial charge in [0.1, 0.15) is 6.61 Å². The van der Waals surface area contributed by atoms with Crippen LogP contribution in [0.4, 0.5) is 0 Å². The van der Waals surface area contributed by atoms with E-state index in [0.29, 0.717) is 16.6 Å². The molecular weight excluding hydrogens is 304 g/mol. The number of carbonyl (C=O) groups is 1. The third-order valence-corrected chi connectivity index (χ3v) is 2.91. The lowest BCUT2D eigenvalue weighted by Gasteiger charge is -2.09. The highest BCUT2D eigenvalue weighted by Crippen LogP contribution is 2.20. The van der Waals surface area contributed by atoms with Gasteiger partial charge in [-0.3, -0.25) is 0 Å². The minimum atomic E-state index is -0.375. The van der Waals surface area contributed by atoms with Crippen LogP contribution in [-0.4, -0.2) is 25.3 Å². The summed E-state index contributed by atoms with van der Waals surface area (Å²) < 4.78 is 11.1. The third kappa shape index (κ3) is 5.10. The Morgan fingerprint density at radius 3 is 2.76 bits per heavy atom. The first-order valence-corrected chi connectivity index (χ1v) is 6.52. The second-order valence-electron chi connectivity index (χ2n) is 3.72. The van der Waals surface area contributed by atoms with Gasteiger partial charge in [-0.2, -0.15) is 0 Å². The van der Waals surface area contributed by atoms with Crippen molar-refractivity contribution in [2.75, 3.05) is 13.2 Å². The van der Waals surface area contributed by atoms with E-state index in [0.717, 1.165) is 4.90 Å². The topological polar surface area (TPSA) is 35.5 Å². The fourth-order valence-corrected chi connectivity index (χ4v) is 1.78. The van der Waals surface area contributed by atoms with Crippen molar-refractivity contribution >= 4 is 34.5 Å². The monoisotopic (exact) mass is 318 g/mol. The predicted octanol–water partition coefficient (Wildman–Crippen LogP) is 3.32. The molecule has 1 rings (SSSR count). The number of thiol groups is 1. The first-order valence-electron chi connectivity index (χ1n) is 5.28. The van der Waals surface area contributed by atoms with E-state index in [2.05, 4.69) is 28.6 Å². The van der Waals surface area contributed by atoms with E-state index in [1.54, 1.807) is 18.2 Å². The summed E-state index contributed by atoms with van der Waals surface area (Å²) >= 11 is 7.48. The highest BCUT2D eigenvalue weighted by Gasteiger charge is 2.11. The Labute approximate surface area is 115 Å². The molecule has 0 fully saturated rings. The Hall–Kier alpha value is -0.520. The van der Waals surface area contributed by atoms with Crippen molar-refractivity contribution in [2.45, 2.75) is 24.8 Å². The van der Waals surface area contributed by atoms with Crippen LogP contribution in [-0.2, 0) is 9.47 Å². The molecule has 3 nitrogen and oxygen atoms in total. The molecule has 1 aromatic rings. The number of esters is 1. The molecule has 0 aliphatic heterocycles. The molecule has 0 saturated heterocycles. The molecule has 0 heterocycles. The van der Waals surface area contributed by atoms with Crippen molar-refractivity contribution in [3.8, 4) is 0 Å². The molecule has 1 aromatic carbocycles. The van der Waals surface area contributed by atoms with Crippen LogP contribution in [0.5, 0.6) is 0 Å². The summed E-state index contributed by atoms with van der Waals surface area (Å²) in [5, 5.41) is 0. The highest BCUT2D eigenvalue weighted by atomic mass is 79.9. The van der Waals surface area contributed by atoms with Gasteiger partial charge >= 0.3 is 5.97 Å². The second kappa shape index (κ2) is 7.03. The molecule has 0 atom stereocenters. The first kappa shape index (κ1) is 14.5. The summed E-state index contributed by atoms with van der Waals surface area (Å²) in [6.45, 7) is 4.52. The molecule has 0 aliphatic carbocycles. The number of rotatable bonds is 5. The third-order valence-electron chi connectivity index (χ3n) is 1.94. The lowest BCUT2D eigenvalue weighted by atomic mass is 10.2. The second-order valence-corrected chi connectivity index (χ2v) is 5.09. The minimum Gasteiger partial charge on any atom is -0.460 e. The predicted molar refractivity (Wildman–Crippen MR) is 72.8 cm³/mol. The zero-order valence-electron chi connectivity index (χ0n) is 9.77. The lowest BCUT2D eigenvalue weighted by molar-refractivity contribution is 0.0176. The zero-order chi connectivity index (χ0) is 12.8. The lowest BCUT2D eigenvalue weighted by Crippen LogP contribution is -2.14. The Balaban J connectivity index is 2.49. The smallest absolute Gasteiger partial charge is 0.339 e. The van der Waals surface area contributed by atoms with E-state index < -0.39 is 0 Å². The van der Waals surface area contributed by atoms with Gasteiger partial charge in [0.15, 0.2) is 0 Å². The SMILES string of the molecule is CC(C)OCCOC(=O)c1cc(S)ccc1Br. The van der Waals surface area contributed by atoms with Crippen molar-refractivity contribution in [2.24, 2.45) is 0 Å². The molecule has 0 aromatic heterocycles. The number of benzene rings is 1. The maximum atomic E-state index is 11.7. The van der Waals surface area contributed by atoms with Crippen molar-refractivity contribution < 1.29 is 14.3 Å². The van der Waals surface area contributed by atoms with Crippen molar-refractivity contribution in [3.05, 3.63) is 28.2 Å². The summed E-state index contributed by atoms with van der Waals surface area (Å²) in [4.78, 5) is 12.4. The van der Waals surface area contributed by atoms with Crippen LogP contribution in [0.25, 0.3) is 0 Å². The molecule has 0 radical (unpaired) electrons. The van der Waals surface area contributed by atoms with Gasteiger partial charge in [-0.15, -0.1) is 12.6 Å². The van der Waals surface area contributed by atoms with Crippen molar-refractivity contribution in [3.63, 3.8) is 0 Å². The Morgan fingerprint density at radius 1 is 1.41 bits per heavy atom. The molecule has 0 N–H and O–H groups in total. The van der Waals surface area contributed by atoms with E-state index in [1.165, 1.54) is 0 Å². The van der Waals surface area contributed by atoms with Crippen molar-refractivity contribution in [1.29, 1.82) is 0 Å². The molecular formula is C12H15BrO3S. The van der Waals surface area contributed by atoms with E-state index >= 15 is 0 Å². The quantitative estimate of drug-likeness (QED) is 0.514. The molecule has 5 heteroatoms. The van der Waals surface area contributed by atoms with Gasteiger partial charge in [-0.05, 0) is 48.0 Å². The molecule has 0 unspecified atom stereocenters. The molecule has 0 bridgehead atoms. The van der Waals surface area contributed by atoms with Gasteiger partial charge < -0.3 is 9.47 Å².